The van der Waals surface area contributed by atoms with Crippen LogP contribution in [0.3, 0.4) is 0 Å². The van der Waals surface area contributed by atoms with Crippen LogP contribution in [0.1, 0.15) is 34.9 Å². The fourth-order valence-corrected chi connectivity index (χ4v) is 6.99. The molecule has 1 aliphatic heterocycles. The highest BCUT2D eigenvalue weighted by molar-refractivity contribution is 7.19. The molecule has 1 saturated heterocycles. The first kappa shape index (κ1) is 28.2. The number of carbonyl (C=O) groups is 1. The second kappa shape index (κ2) is 11.8. The largest absolute Gasteiger partial charge is 0.573 e. The molecule has 2 aromatic carbocycles. The van der Waals surface area contributed by atoms with Gasteiger partial charge in [0.1, 0.15) is 34.5 Å². The molecule has 220 valence electrons. The van der Waals surface area contributed by atoms with Gasteiger partial charge in [0.25, 0.3) is 0 Å². The molecule has 2 aromatic heterocycles. The Hall–Kier alpha value is -3.90. The molecule has 1 amide bonds. The van der Waals surface area contributed by atoms with E-state index in [9.17, 15) is 18.0 Å². The number of rotatable bonds is 7. The second-order valence-electron chi connectivity index (χ2n) is 10.3. The van der Waals surface area contributed by atoms with E-state index in [1.165, 1.54) is 47.5 Å². The van der Waals surface area contributed by atoms with Crippen molar-refractivity contribution in [3.63, 3.8) is 0 Å². The number of benzene rings is 2. The minimum absolute atomic E-state index is 0.283. The molecule has 0 radical (unpaired) electrons. The van der Waals surface area contributed by atoms with Gasteiger partial charge in [-0.05, 0) is 73.2 Å². The van der Waals surface area contributed by atoms with Crippen LogP contribution in [-0.2, 0) is 17.6 Å². The fourth-order valence-electron chi connectivity index (χ4n) is 5.77. The summed E-state index contributed by atoms with van der Waals surface area (Å²) in [6, 6.07) is 11.8. The quantitative estimate of drug-likeness (QED) is 0.281. The highest BCUT2D eigenvalue weighted by Crippen LogP contribution is 2.40. The molecule has 4 aromatic rings. The molecule has 0 bridgehead atoms. The van der Waals surface area contributed by atoms with Crippen LogP contribution in [0.15, 0.2) is 54.9 Å². The summed E-state index contributed by atoms with van der Waals surface area (Å²) in [6.07, 6.45) is 1.32. The highest BCUT2D eigenvalue weighted by atomic mass is 32.1. The lowest BCUT2D eigenvalue weighted by Crippen LogP contribution is -2.50. The van der Waals surface area contributed by atoms with E-state index in [1.807, 2.05) is 0 Å². The monoisotopic (exact) mass is 597 g/mol. The first-order valence-corrected chi connectivity index (χ1v) is 14.7. The fraction of sp³-hybridized carbons (Fsp3) is 0.367. The Morgan fingerprint density at radius 1 is 0.952 bits per heavy atom. The number of aryl methyl sites for hydroxylation is 2. The number of hydrogen-bond donors (Lipinski definition) is 1. The van der Waals surface area contributed by atoms with E-state index in [2.05, 4.69) is 24.8 Å². The topological polar surface area (TPSA) is 79.8 Å². The number of nitrogens with one attached hydrogen (secondary N) is 1. The van der Waals surface area contributed by atoms with Gasteiger partial charge in [0.15, 0.2) is 0 Å². The predicted molar refractivity (Wildman–Crippen MR) is 155 cm³/mol. The lowest BCUT2D eigenvalue weighted by molar-refractivity contribution is -0.274. The van der Waals surface area contributed by atoms with Crippen molar-refractivity contribution in [1.29, 1.82) is 0 Å². The van der Waals surface area contributed by atoms with Crippen LogP contribution in [0.4, 0.5) is 24.7 Å². The van der Waals surface area contributed by atoms with Crippen molar-refractivity contribution in [2.24, 2.45) is 0 Å². The number of nitrogens with zero attached hydrogens (tertiary/aromatic N) is 4. The molecule has 1 atom stereocenters. The third-order valence-corrected chi connectivity index (χ3v) is 8.95. The zero-order chi connectivity index (χ0) is 29.3. The molecule has 1 unspecified atom stereocenters. The van der Waals surface area contributed by atoms with Gasteiger partial charge in [0.2, 0.25) is 5.91 Å². The first-order valence-electron chi connectivity index (χ1n) is 13.8. The summed E-state index contributed by atoms with van der Waals surface area (Å²) in [5, 5.41) is 4.11. The van der Waals surface area contributed by atoms with Crippen molar-refractivity contribution < 1.29 is 27.4 Å². The Bertz CT molecular complexity index is 1550. The third-order valence-electron chi connectivity index (χ3n) is 7.75. The Morgan fingerprint density at radius 2 is 1.64 bits per heavy atom. The number of piperazine rings is 1. The number of fused-ring (bicyclic) bond motifs is 3. The normalized spacial score (nSPS) is 16.6. The Kier molecular flexibility index (Phi) is 7.91. The van der Waals surface area contributed by atoms with E-state index in [4.69, 9.17) is 9.72 Å². The molecule has 12 heteroatoms. The molecular weight excluding hydrogens is 567 g/mol. The summed E-state index contributed by atoms with van der Waals surface area (Å²) in [4.78, 5) is 29.7. The molecule has 3 heterocycles. The average Bonchev–Trinajstić information content (AvgIpc) is 3.37. The minimum atomic E-state index is -4.79. The number of carbonyl (C=O) groups excluding carboxylic acids is 1. The summed E-state index contributed by atoms with van der Waals surface area (Å²) < 4.78 is 47.5. The van der Waals surface area contributed by atoms with Crippen LogP contribution >= 0.6 is 11.3 Å². The zero-order valence-electron chi connectivity index (χ0n) is 23.0. The van der Waals surface area contributed by atoms with Gasteiger partial charge in [-0.15, -0.1) is 24.5 Å². The molecule has 2 aliphatic rings. The highest BCUT2D eigenvalue weighted by Gasteiger charge is 2.34. The molecular formula is C30H30F3N5O3S. The van der Waals surface area contributed by atoms with Crippen molar-refractivity contribution >= 4 is 39.0 Å². The maximum atomic E-state index is 13.7. The van der Waals surface area contributed by atoms with E-state index in [0.717, 1.165) is 28.9 Å². The number of alkyl halides is 3. The summed E-state index contributed by atoms with van der Waals surface area (Å²) >= 11 is 1.76. The lowest BCUT2D eigenvalue weighted by atomic mass is 9.97. The standard InChI is InChI=1S/C30H30F3N5O3S/c1-40-21-12-8-20(9-13-21)36-28(39)26(19-6-10-22(11-7-19)41-30(31,32)33)37-14-16-38(17-15-37)27-25-23-4-2-3-5-24(23)42-29(25)35-18-34-27/h6-13,18,26H,2-5,14-17H2,1H3,(H,36,39). The third kappa shape index (κ3) is 6.00. The molecule has 1 aliphatic carbocycles. The van der Waals surface area contributed by atoms with Gasteiger partial charge >= 0.3 is 6.36 Å². The van der Waals surface area contributed by atoms with E-state index in [0.29, 0.717) is 43.2 Å². The van der Waals surface area contributed by atoms with Crippen molar-refractivity contribution in [2.45, 2.75) is 38.1 Å². The van der Waals surface area contributed by atoms with Gasteiger partial charge in [0.05, 0.1) is 12.5 Å². The molecule has 42 heavy (non-hydrogen) atoms. The predicted octanol–water partition coefficient (Wildman–Crippen LogP) is 5.98. The summed E-state index contributed by atoms with van der Waals surface area (Å²) in [5.74, 6) is 0.977. The number of aromatic nitrogens is 2. The van der Waals surface area contributed by atoms with Crippen LogP contribution in [0.5, 0.6) is 11.5 Å². The molecule has 1 fully saturated rings. The van der Waals surface area contributed by atoms with Crippen molar-refractivity contribution in [2.75, 3.05) is 43.5 Å². The van der Waals surface area contributed by atoms with E-state index in [1.54, 1.807) is 49.0 Å². The van der Waals surface area contributed by atoms with E-state index in [-0.39, 0.29) is 11.7 Å². The number of thiophene rings is 1. The van der Waals surface area contributed by atoms with E-state index >= 15 is 0 Å². The number of methoxy groups -OCH3 is 1. The Labute approximate surface area is 245 Å². The zero-order valence-corrected chi connectivity index (χ0v) is 23.8. The number of anilines is 2. The van der Waals surface area contributed by atoms with Crippen LogP contribution in [0.25, 0.3) is 10.2 Å². The van der Waals surface area contributed by atoms with Gasteiger partial charge < -0.3 is 19.7 Å². The first-order chi connectivity index (χ1) is 20.3. The van der Waals surface area contributed by atoms with E-state index < -0.39 is 12.4 Å². The molecule has 1 N–H and O–H groups in total. The number of halogens is 3. The number of ether oxygens (including phenoxy) is 2. The Balaban J connectivity index is 1.24. The molecule has 8 nitrogen and oxygen atoms in total. The summed E-state index contributed by atoms with van der Waals surface area (Å²) in [6.45, 7) is 2.38. The lowest BCUT2D eigenvalue weighted by Gasteiger charge is -2.39. The van der Waals surface area contributed by atoms with Crippen LogP contribution in [0, 0.1) is 0 Å². The summed E-state index contributed by atoms with van der Waals surface area (Å²) in [5.41, 5.74) is 2.53. The van der Waals surface area contributed by atoms with Crippen molar-refractivity contribution in [1.82, 2.24) is 14.9 Å². The SMILES string of the molecule is COc1ccc(NC(=O)C(c2ccc(OC(F)(F)F)cc2)N2CCN(c3ncnc4sc5c(c34)CCCC5)CC2)cc1. The van der Waals surface area contributed by atoms with Gasteiger partial charge in [-0.1, -0.05) is 12.1 Å². The van der Waals surface area contributed by atoms with Crippen molar-refractivity contribution in [3.8, 4) is 11.5 Å². The number of hydrogen-bond acceptors (Lipinski definition) is 8. The molecule has 0 saturated carbocycles. The van der Waals surface area contributed by atoms with Gasteiger partial charge in [-0.3, -0.25) is 9.69 Å². The minimum Gasteiger partial charge on any atom is -0.497 e. The van der Waals surface area contributed by atoms with Gasteiger partial charge in [0, 0.05) is 36.7 Å². The van der Waals surface area contributed by atoms with Crippen LogP contribution in [-0.4, -0.2) is 60.4 Å². The smallest absolute Gasteiger partial charge is 0.497 e. The van der Waals surface area contributed by atoms with Crippen LogP contribution < -0.4 is 19.7 Å². The second-order valence-corrected chi connectivity index (χ2v) is 11.4. The molecule has 0 spiro atoms. The average molecular weight is 598 g/mol. The number of amides is 1. The van der Waals surface area contributed by atoms with Gasteiger partial charge in [-0.2, -0.15) is 0 Å². The van der Waals surface area contributed by atoms with Crippen molar-refractivity contribution in [3.05, 3.63) is 70.9 Å². The maximum absolute atomic E-state index is 13.7. The summed E-state index contributed by atoms with van der Waals surface area (Å²) in [7, 11) is 1.56. The maximum Gasteiger partial charge on any atom is 0.573 e. The van der Waals surface area contributed by atoms with Crippen LogP contribution in [0.2, 0.25) is 0 Å². The van der Waals surface area contributed by atoms with Gasteiger partial charge in [-0.25, -0.2) is 9.97 Å². The Morgan fingerprint density at radius 3 is 2.33 bits per heavy atom. The molecule has 6 rings (SSSR count).